The molecule has 1 aromatic carbocycles. The number of hydrogen-bond acceptors (Lipinski definition) is 9. The van der Waals surface area contributed by atoms with Crippen LogP contribution in [0.3, 0.4) is 0 Å². The Hall–Kier alpha value is -2.97. The van der Waals surface area contributed by atoms with Crippen molar-refractivity contribution >= 4 is 5.78 Å². The molecule has 0 bridgehead atoms. The molecule has 8 fully saturated rings. The molecule has 11 aliphatic rings. The largest absolute Gasteiger partial charge is 0.396 e. The number of ketones is 1. The van der Waals surface area contributed by atoms with Gasteiger partial charge in [0.1, 0.15) is 17.8 Å². The lowest BCUT2D eigenvalue weighted by Crippen LogP contribution is -2.69. The summed E-state index contributed by atoms with van der Waals surface area (Å²) in [6, 6.07) is 8.94. The van der Waals surface area contributed by atoms with E-state index in [4.69, 9.17) is 15.2 Å². The van der Waals surface area contributed by atoms with Crippen molar-refractivity contribution in [3.8, 4) is 11.8 Å². The fraction of sp³-hybridized carbons (Fsp3) is 0.758. The maximum atomic E-state index is 15.5. The van der Waals surface area contributed by atoms with E-state index in [1.165, 1.54) is 56.1 Å². The van der Waals surface area contributed by atoms with E-state index in [-0.39, 0.29) is 52.8 Å². The monoisotopic (exact) mass is 971 g/mol. The molecule has 71 heavy (non-hydrogen) atoms. The van der Waals surface area contributed by atoms with E-state index in [9.17, 15) is 20.4 Å². The first kappa shape index (κ1) is 48.9. The van der Waals surface area contributed by atoms with Crippen molar-refractivity contribution in [1.82, 2.24) is 5.32 Å². The van der Waals surface area contributed by atoms with E-state index in [0.29, 0.717) is 68.8 Å². The van der Waals surface area contributed by atoms with Gasteiger partial charge < -0.3 is 41.0 Å². The number of ether oxygens (including phenoxy) is 2. The van der Waals surface area contributed by atoms with E-state index >= 15 is 4.79 Å². The number of fused-ring (bicyclic) bond motifs is 4. The van der Waals surface area contributed by atoms with Gasteiger partial charge in [0, 0.05) is 42.2 Å². The van der Waals surface area contributed by atoms with E-state index in [0.717, 1.165) is 62.5 Å². The van der Waals surface area contributed by atoms with E-state index < -0.39 is 51.4 Å². The highest BCUT2D eigenvalue weighted by Crippen LogP contribution is 2.80. The predicted octanol–water partition coefficient (Wildman–Crippen LogP) is 9.19. The Labute approximate surface area is 424 Å². The van der Waals surface area contributed by atoms with Crippen LogP contribution in [0.5, 0.6) is 0 Å². The number of allylic oxidation sites excluding steroid dienone is 3. The second kappa shape index (κ2) is 16.8. The van der Waals surface area contributed by atoms with Gasteiger partial charge in [-0.1, -0.05) is 82.7 Å². The SMILES string of the molecule is CC1CCOC(C2OC2C(C)(O)C(C)(CO)CCC2=CCNC(N)=C2)(C2CCC3(O)C4=CC(=O)C5CC(O)CC67CCC8(CCC9(CCCC9)C8)C6C#CCc6ccccc6CCC(CC23C)C4C57C)C1. The molecule has 3 heterocycles. The van der Waals surface area contributed by atoms with Crippen LogP contribution in [0.2, 0.25) is 0 Å². The van der Waals surface area contributed by atoms with Gasteiger partial charge in [-0.05, 0) is 202 Å². The first-order valence-electron chi connectivity index (χ1n) is 28.6. The van der Waals surface area contributed by atoms with Crippen LogP contribution >= 0.6 is 0 Å². The number of nitrogens with one attached hydrogen (secondary N) is 1. The van der Waals surface area contributed by atoms with Crippen LogP contribution in [0, 0.1) is 79.8 Å². The van der Waals surface area contributed by atoms with Crippen LogP contribution < -0.4 is 11.1 Å². The third-order valence-corrected chi connectivity index (χ3v) is 24.2. The van der Waals surface area contributed by atoms with Gasteiger partial charge in [-0.2, -0.15) is 0 Å². The van der Waals surface area contributed by atoms with Gasteiger partial charge in [0.15, 0.2) is 5.78 Å². The summed E-state index contributed by atoms with van der Waals surface area (Å²) >= 11 is 0. The van der Waals surface area contributed by atoms with Crippen LogP contribution in [0.15, 0.2) is 59.5 Å². The number of rotatable bonds is 8. The predicted molar refractivity (Wildman–Crippen MR) is 275 cm³/mol. The topological polar surface area (TPSA) is 158 Å². The Kier molecular flexibility index (Phi) is 11.6. The Morgan fingerprint density at radius 3 is 2.49 bits per heavy atom. The molecule has 386 valence electrons. The van der Waals surface area contributed by atoms with Gasteiger partial charge in [-0.3, -0.25) is 4.79 Å². The zero-order chi connectivity index (χ0) is 49.6. The molecular weight excluding hydrogens is 885 g/mol. The fourth-order valence-corrected chi connectivity index (χ4v) is 20.3. The minimum absolute atomic E-state index is 0.0410. The van der Waals surface area contributed by atoms with Gasteiger partial charge in [-0.25, -0.2) is 0 Å². The summed E-state index contributed by atoms with van der Waals surface area (Å²) in [5.41, 5.74) is 5.44. The van der Waals surface area contributed by atoms with Gasteiger partial charge in [0.05, 0.1) is 29.7 Å². The third-order valence-electron chi connectivity index (χ3n) is 24.2. The van der Waals surface area contributed by atoms with Gasteiger partial charge >= 0.3 is 0 Å². The molecule has 3 spiro atoms. The van der Waals surface area contributed by atoms with E-state index in [1.807, 2.05) is 26.0 Å². The Balaban J connectivity index is 0.958. The molecule has 9 nitrogen and oxygen atoms in total. The summed E-state index contributed by atoms with van der Waals surface area (Å²) in [5.74, 6) is 8.82. The summed E-state index contributed by atoms with van der Waals surface area (Å²) in [5, 5.41) is 53.7. The zero-order valence-corrected chi connectivity index (χ0v) is 43.8. The van der Waals surface area contributed by atoms with Crippen molar-refractivity contribution < 1.29 is 34.7 Å². The molecule has 17 atom stereocenters. The van der Waals surface area contributed by atoms with Crippen LogP contribution in [0.4, 0.5) is 0 Å². The molecule has 8 aliphatic carbocycles. The Morgan fingerprint density at radius 1 is 0.958 bits per heavy atom. The van der Waals surface area contributed by atoms with Crippen molar-refractivity contribution in [3.63, 3.8) is 0 Å². The average molecular weight is 971 g/mol. The summed E-state index contributed by atoms with van der Waals surface area (Å²) in [4.78, 5) is 15.5. The molecule has 12 rings (SSSR count). The number of benzene rings is 1. The van der Waals surface area contributed by atoms with Crippen LogP contribution in [0.1, 0.15) is 168 Å². The second-order valence-corrected chi connectivity index (χ2v) is 27.4. The summed E-state index contributed by atoms with van der Waals surface area (Å²) < 4.78 is 14.2. The van der Waals surface area contributed by atoms with Crippen LogP contribution in [-0.4, -0.2) is 81.1 Å². The summed E-state index contributed by atoms with van der Waals surface area (Å²) in [6.07, 6.45) is 24.1. The van der Waals surface area contributed by atoms with Crippen molar-refractivity contribution in [1.29, 1.82) is 0 Å². The van der Waals surface area contributed by atoms with E-state index in [2.05, 4.69) is 68.3 Å². The highest BCUT2D eigenvalue weighted by molar-refractivity contribution is 5.95. The molecular formula is C62H86N2O7. The lowest BCUT2D eigenvalue weighted by atomic mass is 9.35. The van der Waals surface area contributed by atoms with Crippen molar-refractivity contribution in [2.75, 3.05) is 19.8 Å². The van der Waals surface area contributed by atoms with Gasteiger partial charge in [0.2, 0.25) is 0 Å². The van der Waals surface area contributed by atoms with Gasteiger partial charge in [0.25, 0.3) is 0 Å². The number of carbonyl (C=O) groups is 1. The molecule has 0 aromatic heterocycles. The molecule has 7 N–H and O–H groups in total. The lowest BCUT2D eigenvalue weighted by molar-refractivity contribution is -0.216. The quantitative estimate of drug-likeness (QED) is 0.110. The van der Waals surface area contributed by atoms with Crippen molar-refractivity contribution in [2.24, 2.45) is 73.7 Å². The first-order chi connectivity index (χ1) is 33.8. The normalized spacial score (nSPS) is 46.8. The molecule has 9 heteroatoms. The highest BCUT2D eigenvalue weighted by Gasteiger charge is 2.79. The second-order valence-electron chi connectivity index (χ2n) is 27.4. The molecule has 0 amide bonds. The third kappa shape index (κ3) is 6.94. The smallest absolute Gasteiger partial charge is 0.159 e. The molecule has 1 aromatic rings. The molecule has 0 radical (unpaired) electrons. The number of carbonyl (C=O) groups excluding carboxylic acids is 1. The van der Waals surface area contributed by atoms with Crippen molar-refractivity contribution in [2.45, 2.75) is 205 Å². The van der Waals surface area contributed by atoms with Gasteiger partial charge in [-0.15, -0.1) is 0 Å². The lowest BCUT2D eigenvalue weighted by Gasteiger charge is -2.68. The summed E-state index contributed by atoms with van der Waals surface area (Å²) in [6.45, 7) is 12.0. The Morgan fingerprint density at radius 2 is 1.73 bits per heavy atom. The fourth-order valence-electron chi connectivity index (χ4n) is 20.3. The highest BCUT2D eigenvalue weighted by atomic mass is 16.6. The number of dihydropyridines is 1. The summed E-state index contributed by atoms with van der Waals surface area (Å²) in [7, 11) is 0. The number of nitrogens with two attached hydrogens (primary N) is 1. The van der Waals surface area contributed by atoms with Crippen LogP contribution in [-0.2, 0) is 27.1 Å². The molecule has 2 saturated heterocycles. The number of hydrogen-bond donors (Lipinski definition) is 6. The molecule has 17 unspecified atom stereocenters. The molecule has 3 aliphatic heterocycles. The molecule has 6 saturated carbocycles. The Bertz CT molecular complexity index is 2480. The van der Waals surface area contributed by atoms with Crippen molar-refractivity contribution in [3.05, 3.63) is 70.6 Å². The van der Waals surface area contributed by atoms with Crippen LogP contribution in [0.25, 0.3) is 0 Å². The maximum Gasteiger partial charge on any atom is 0.159 e. The first-order valence-corrected chi connectivity index (χ1v) is 28.6. The minimum atomic E-state index is -1.39. The van der Waals surface area contributed by atoms with E-state index in [1.54, 1.807) is 0 Å². The minimum Gasteiger partial charge on any atom is -0.396 e. The number of aliphatic hydroxyl groups is 4. The standard InChI is InChI=1S/C62H86N2O7/c1-39-20-30-70-61(34-39,53-52(71-53)57(5,68)54(2,38-65)23-17-40-19-29-64-50(63)31-40)48-18-24-62(69)46-33-47(67)45-32-44(66)36-60-28-27-59(26-25-58(37-59)21-8-9-22-58)49(60)14-10-13-41-11-6-7-12-42(41)15-16-43(35-55(48,62)3)51(46)56(45,60)4/h6-7,11-12,19,31,33,39,43-45,48-49,51-53,64-66,68-69H,8-9,13,15-18,20-30,32,34-38,63H2,1-5H3. The maximum absolute atomic E-state index is 15.5. The number of epoxide rings is 1. The number of aliphatic hydroxyl groups excluding tert-OH is 2. The zero-order valence-electron chi connectivity index (χ0n) is 43.8. The average Bonchev–Trinajstić information content (AvgIpc) is 3.63. The number of aryl methyl sites for hydroxylation is 1.